The SMILES string of the molecule is CCNC(=O)CNC(=O)C1(C)CCNC1.Cl. The molecule has 0 aromatic heterocycles. The molecule has 1 saturated heterocycles. The number of halogens is 1. The molecule has 0 saturated carbocycles. The van der Waals surface area contributed by atoms with Crippen molar-refractivity contribution in [3.63, 3.8) is 0 Å². The number of hydrogen-bond donors (Lipinski definition) is 3. The molecule has 3 N–H and O–H groups in total. The molecule has 1 atom stereocenters. The van der Waals surface area contributed by atoms with E-state index in [0.717, 1.165) is 13.0 Å². The van der Waals surface area contributed by atoms with Gasteiger partial charge in [-0.15, -0.1) is 12.4 Å². The summed E-state index contributed by atoms with van der Waals surface area (Å²) in [5.74, 6) is -0.181. The molecule has 1 unspecified atom stereocenters. The minimum absolute atomic E-state index is 0. The molecule has 0 bridgehead atoms. The summed E-state index contributed by atoms with van der Waals surface area (Å²) < 4.78 is 0. The molecular formula is C10H20ClN3O2. The molecule has 1 aliphatic rings. The number of amides is 2. The van der Waals surface area contributed by atoms with Gasteiger partial charge >= 0.3 is 0 Å². The molecule has 16 heavy (non-hydrogen) atoms. The van der Waals surface area contributed by atoms with E-state index in [9.17, 15) is 9.59 Å². The molecule has 1 heterocycles. The van der Waals surface area contributed by atoms with Gasteiger partial charge < -0.3 is 16.0 Å². The van der Waals surface area contributed by atoms with Crippen LogP contribution in [0, 0.1) is 5.41 Å². The first-order valence-electron chi connectivity index (χ1n) is 5.34. The Morgan fingerprint density at radius 1 is 1.38 bits per heavy atom. The largest absolute Gasteiger partial charge is 0.355 e. The number of hydrogen-bond acceptors (Lipinski definition) is 3. The third-order valence-corrected chi connectivity index (χ3v) is 2.70. The second-order valence-electron chi connectivity index (χ2n) is 4.12. The fourth-order valence-electron chi connectivity index (χ4n) is 1.64. The van der Waals surface area contributed by atoms with Gasteiger partial charge in [0, 0.05) is 13.1 Å². The predicted octanol–water partition coefficient (Wildman–Crippen LogP) is -0.340. The highest BCUT2D eigenvalue weighted by atomic mass is 35.5. The van der Waals surface area contributed by atoms with Crippen molar-refractivity contribution in [1.29, 1.82) is 0 Å². The van der Waals surface area contributed by atoms with Crippen molar-refractivity contribution in [3.05, 3.63) is 0 Å². The van der Waals surface area contributed by atoms with Gasteiger partial charge in [0.15, 0.2) is 0 Å². The van der Waals surface area contributed by atoms with Gasteiger partial charge in [0.1, 0.15) is 0 Å². The van der Waals surface area contributed by atoms with E-state index < -0.39 is 0 Å². The predicted molar refractivity (Wildman–Crippen MR) is 64.5 cm³/mol. The van der Waals surface area contributed by atoms with Gasteiger partial charge in [-0.2, -0.15) is 0 Å². The molecule has 6 heteroatoms. The molecule has 0 radical (unpaired) electrons. The fraction of sp³-hybridized carbons (Fsp3) is 0.800. The topological polar surface area (TPSA) is 70.2 Å². The summed E-state index contributed by atoms with van der Waals surface area (Å²) in [7, 11) is 0. The summed E-state index contributed by atoms with van der Waals surface area (Å²) in [6, 6.07) is 0. The molecule has 1 fully saturated rings. The zero-order valence-corrected chi connectivity index (χ0v) is 10.6. The number of likely N-dealkylation sites (N-methyl/N-ethyl adjacent to an activating group) is 1. The molecule has 94 valence electrons. The Morgan fingerprint density at radius 3 is 2.56 bits per heavy atom. The Morgan fingerprint density at radius 2 is 2.06 bits per heavy atom. The van der Waals surface area contributed by atoms with E-state index in [1.165, 1.54) is 0 Å². The molecule has 2 amide bonds. The van der Waals surface area contributed by atoms with Crippen molar-refractivity contribution < 1.29 is 9.59 Å². The first-order valence-corrected chi connectivity index (χ1v) is 5.34. The highest BCUT2D eigenvalue weighted by Gasteiger charge is 2.36. The fourth-order valence-corrected chi connectivity index (χ4v) is 1.64. The second kappa shape index (κ2) is 6.70. The maximum absolute atomic E-state index is 11.7. The van der Waals surface area contributed by atoms with Crippen molar-refractivity contribution in [3.8, 4) is 0 Å². The highest BCUT2D eigenvalue weighted by Crippen LogP contribution is 2.24. The smallest absolute Gasteiger partial charge is 0.239 e. The van der Waals surface area contributed by atoms with E-state index in [1.807, 2.05) is 13.8 Å². The Labute approximate surface area is 102 Å². The Kier molecular flexibility index (Phi) is 6.36. The zero-order valence-electron chi connectivity index (χ0n) is 9.76. The van der Waals surface area contributed by atoms with E-state index in [4.69, 9.17) is 0 Å². The molecule has 0 aromatic carbocycles. The summed E-state index contributed by atoms with van der Waals surface area (Å²) in [6.07, 6.45) is 0.828. The number of nitrogens with one attached hydrogen (secondary N) is 3. The Hall–Kier alpha value is -0.810. The Balaban J connectivity index is 0.00000225. The molecule has 0 aromatic rings. The summed E-state index contributed by atoms with van der Waals surface area (Å²) in [5, 5.41) is 8.44. The standard InChI is InChI=1S/C10H19N3O2.ClH/c1-3-12-8(14)6-13-9(15)10(2)4-5-11-7-10;/h11H,3-7H2,1-2H3,(H,12,14)(H,13,15);1H. The minimum Gasteiger partial charge on any atom is -0.355 e. The van der Waals surface area contributed by atoms with Crippen LogP contribution in [-0.2, 0) is 9.59 Å². The first kappa shape index (κ1) is 15.2. The van der Waals surface area contributed by atoms with Crippen molar-refractivity contribution in [2.45, 2.75) is 20.3 Å². The van der Waals surface area contributed by atoms with Crippen LogP contribution in [0.5, 0.6) is 0 Å². The second-order valence-corrected chi connectivity index (χ2v) is 4.12. The summed E-state index contributed by atoms with van der Waals surface area (Å²) in [5.41, 5.74) is -0.355. The van der Waals surface area contributed by atoms with Gasteiger partial charge in [-0.25, -0.2) is 0 Å². The zero-order chi connectivity index (χ0) is 11.3. The third-order valence-electron chi connectivity index (χ3n) is 2.70. The van der Waals surface area contributed by atoms with Crippen LogP contribution >= 0.6 is 12.4 Å². The van der Waals surface area contributed by atoms with Crippen LogP contribution in [0.3, 0.4) is 0 Å². The molecule has 1 aliphatic heterocycles. The van der Waals surface area contributed by atoms with E-state index in [1.54, 1.807) is 0 Å². The van der Waals surface area contributed by atoms with Gasteiger partial charge in [-0.1, -0.05) is 0 Å². The van der Waals surface area contributed by atoms with Crippen molar-refractivity contribution in [2.75, 3.05) is 26.2 Å². The van der Waals surface area contributed by atoms with Crippen LogP contribution in [-0.4, -0.2) is 38.0 Å². The molecular weight excluding hydrogens is 230 g/mol. The molecule has 0 aliphatic carbocycles. The number of carbonyl (C=O) groups is 2. The third kappa shape index (κ3) is 3.98. The van der Waals surface area contributed by atoms with Gasteiger partial charge in [0.05, 0.1) is 12.0 Å². The van der Waals surface area contributed by atoms with E-state index in [-0.39, 0.29) is 36.2 Å². The summed E-state index contributed by atoms with van der Waals surface area (Å²) >= 11 is 0. The average Bonchev–Trinajstić information content (AvgIpc) is 2.63. The maximum Gasteiger partial charge on any atom is 0.239 e. The van der Waals surface area contributed by atoms with Crippen LogP contribution in [0.2, 0.25) is 0 Å². The number of carbonyl (C=O) groups excluding carboxylic acids is 2. The molecule has 1 rings (SSSR count). The van der Waals surface area contributed by atoms with Gasteiger partial charge in [0.2, 0.25) is 11.8 Å². The van der Waals surface area contributed by atoms with Crippen molar-refractivity contribution in [2.24, 2.45) is 5.41 Å². The van der Waals surface area contributed by atoms with E-state index >= 15 is 0 Å². The maximum atomic E-state index is 11.7. The first-order chi connectivity index (χ1) is 7.08. The van der Waals surface area contributed by atoms with E-state index in [2.05, 4.69) is 16.0 Å². The lowest BCUT2D eigenvalue weighted by Gasteiger charge is -2.21. The number of rotatable bonds is 4. The minimum atomic E-state index is -0.355. The van der Waals surface area contributed by atoms with Gasteiger partial charge in [0.25, 0.3) is 0 Å². The van der Waals surface area contributed by atoms with Crippen molar-refractivity contribution in [1.82, 2.24) is 16.0 Å². The normalized spacial score (nSPS) is 23.4. The van der Waals surface area contributed by atoms with Gasteiger partial charge in [-0.3, -0.25) is 9.59 Å². The average molecular weight is 250 g/mol. The molecule has 0 spiro atoms. The van der Waals surface area contributed by atoms with Crippen LogP contribution in [0.25, 0.3) is 0 Å². The molecule has 5 nitrogen and oxygen atoms in total. The lowest BCUT2D eigenvalue weighted by molar-refractivity contribution is -0.131. The van der Waals surface area contributed by atoms with Crippen LogP contribution < -0.4 is 16.0 Å². The van der Waals surface area contributed by atoms with Crippen LogP contribution in [0.1, 0.15) is 20.3 Å². The van der Waals surface area contributed by atoms with Crippen LogP contribution in [0.15, 0.2) is 0 Å². The van der Waals surface area contributed by atoms with Gasteiger partial charge in [-0.05, 0) is 26.8 Å². The van der Waals surface area contributed by atoms with E-state index in [0.29, 0.717) is 13.1 Å². The highest BCUT2D eigenvalue weighted by molar-refractivity contribution is 5.88. The monoisotopic (exact) mass is 249 g/mol. The quantitative estimate of drug-likeness (QED) is 0.639. The lowest BCUT2D eigenvalue weighted by atomic mass is 9.89. The lowest BCUT2D eigenvalue weighted by Crippen LogP contribution is -2.44. The van der Waals surface area contributed by atoms with Crippen LogP contribution in [0.4, 0.5) is 0 Å². The Bertz CT molecular complexity index is 252. The summed E-state index contributed by atoms with van der Waals surface area (Å²) in [6.45, 7) is 5.98. The van der Waals surface area contributed by atoms with Crippen molar-refractivity contribution >= 4 is 24.2 Å². The summed E-state index contributed by atoms with van der Waals surface area (Å²) in [4.78, 5) is 22.9.